The average molecular weight is 490 g/mol. The van der Waals surface area contributed by atoms with Crippen LogP contribution in [0.1, 0.15) is 92.1 Å². The van der Waals surface area contributed by atoms with E-state index in [1.54, 1.807) is 11.0 Å². The minimum atomic E-state index is -4.48. The number of rotatable bonds is 6. The first-order chi connectivity index (χ1) is 14.9. The molecule has 9 heteroatoms. The number of pyridine rings is 1. The van der Waals surface area contributed by atoms with E-state index in [0.717, 1.165) is 18.9 Å². The minimum Gasteiger partial charge on any atom is -0.444 e. The third-order valence-corrected chi connectivity index (χ3v) is 6.38. The summed E-state index contributed by atoms with van der Waals surface area (Å²) in [7, 11) is 0. The molecule has 0 radical (unpaired) electrons. The number of likely N-dealkylation sites (tertiary alicyclic amines) is 1. The smallest absolute Gasteiger partial charge is 0.433 e. The van der Waals surface area contributed by atoms with Crippen molar-refractivity contribution in [2.75, 3.05) is 6.54 Å². The van der Waals surface area contributed by atoms with Gasteiger partial charge in [-0.05, 0) is 92.7 Å². The Morgan fingerprint density at radius 1 is 1.24 bits per heavy atom. The van der Waals surface area contributed by atoms with E-state index in [0.29, 0.717) is 18.7 Å². The number of aromatic nitrogens is 1. The van der Waals surface area contributed by atoms with Gasteiger partial charge in [-0.2, -0.15) is 13.2 Å². The minimum absolute atomic E-state index is 0.108. The summed E-state index contributed by atoms with van der Waals surface area (Å²) in [5.74, 6) is 0.224. The predicted molar refractivity (Wildman–Crippen MR) is 127 cm³/mol. The van der Waals surface area contributed by atoms with Crippen LogP contribution in [-0.4, -0.2) is 38.4 Å². The molecular formula is C24H38F3N3O2S. The number of nitrogens with one attached hydrogen (secondary N) is 1. The molecule has 1 aliphatic rings. The zero-order chi connectivity index (χ0) is 25.2. The SMILES string of the molecule is CC(C)(C)OC(=O)N1CC(CCC(NSC(C)(C)C)c2cccc(C(F)(F)F)n2)CC1(C)C. The lowest BCUT2D eigenvalue weighted by molar-refractivity contribution is -0.141. The van der Waals surface area contributed by atoms with Crippen molar-refractivity contribution in [3.05, 3.63) is 29.6 Å². The van der Waals surface area contributed by atoms with Crippen molar-refractivity contribution in [3.63, 3.8) is 0 Å². The lowest BCUT2D eigenvalue weighted by Gasteiger charge is -2.33. The molecule has 0 saturated carbocycles. The third kappa shape index (κ3) is 8.67. The van der Waals surface area contributed by atoms with E-state index >= 15 is 0 Å². The van der Waals surface area contributed by atoms with Crippen LogP contribution in [0.5, 0.6) is 0 Å². The molecule has 1 fully saturated rings. The summed E-state index contributed by atoms with van der Waals surface area (Å²) in [6.45, 7) is 16.3. The first kappa shape index (κ1) is 27.8. The molecule has 2 heterocycles. The topological polar surface area (TPSA) is 54.5 Å². The Kier molecular flexibility index (Phi) is 8.43. The normalized spacial score (nSPS) is 20.1. The molecule has 1 aromatic heterocycles. The maximum Gasteiger partial charge on any atom is 0.433 e. The van der Waals surface area contributed by atoms with Crippen molar-refractivity contribution in [3.8, 4) is 0 Å². The van der Waals surface area contributed by atoms with Crippen molar-refractivity contribution in [1.29, 1.82) is 0 Å². The van der Waals surface area contributed by atoms with E-state index in [2.05, 4.69) is 9.71 Å². The molecule has 0 aliphatic carbocycles. The van der Waals surface area contributed by atoms with Gasteiger partial charge in [0.15, 0.2) is 0 Å². The number of carbonyl (C=O) groups excluding carboxylic acids is 1. The molecule has 2 unspecified atom stereocenters. The lowest BCUT2D eigenvalue weighted by Crippen LogP contribution is -2.45. The fourth-order valence-electron chi connectivity index (χ4n) is 3.94. The predicted octanol–water partition coefficient (Wildman–Crippen LogP) is 6.99. The fraction of sp³-hybridized carbons (Fsp3) is 0.750. The molecular weight excluding hydrogens is 451 g/mol. The standard InChI is InChI=1S/C24H38F3N3O2S/c1-21(2,3)32-20(31)30-15-16(14-23(30,7)8)12-13-18(29-33-22(4,5)6)17-10-9-11-19(28-17)24(25,26)27/h9-11,16,18,29H,12-15H2,1-8H3. The highest BCUT2D eigenvalue weighted by Crippen LogP contribution is 2.38. The van der Waals surface area contributed by atoms with Gasteiger partial charge in [0.05, 0.1) is 11.7 Å². The Bertz CT molecular complexity index is 816. The molecule has 1 aromatic rings. The third-order valence-electron chi connectivity index (χ3n) is 5.36. The van der Waals surface area contributed by atoms with Gasteiger partial charge in [-0.15, -0.1) is 0 Å². The van der Waals surface area contributed by atoms with E-state index in [1.807, 2.05) is 55.4 Å². The molecule has 5 nitrogen and oxygen atoms in total. The molecule has 0 spiro atoms. The van der Waals surface area contributed by atoms with Crippen molar-refractivity contribution >= 4 is 18.0 Å². The number of amides is 1. The lowest BCUT2D eigenvalue weighted by atomic mass is 9.91. The molecule has 0 bridgehead atoms. The molecule has 1 amide bonds. The van der Waals surface area contributed by atoms with Gasteiger partial charge < -0.3 is 9.64 Å². The summed E-state index contributed by atoms with van der Waals surface area (Å²) in [5, 5.41) is 0. The summed E-state index contributed by atoms with van der Waals surface area (Å²) < 4.78 is 48.5. The number of nitrogens with zero attached hydrogens (tertiary/aromatic N) is 2. The number of ether oxygens (including phenoxy) is 1. The molecule has 1 N–H and O–H groups in total. The molecule has 2 rings (SSSR count). The zero-order valence-corrected chi connectivity index (χ0v) is 21.8. The maximum atomic E-state index is 13.2. The van der Waals surface area contributed by atoms with Crippen LogP contribution in [0.25, 0.3) is 0 Å². The number of hydrogen-bond donors (Lipinski definition) is 1. The van der Waals surface area contributed by atoms with E-state index in [-0.39, 0.29) is 28.3 Å². The average Bonchev–Trinajstić information content (AvgIpc) is 2.93. The number of alkyl halides is 3. The first-order valence-electron chi connectivity index (χ1n) is 11.4. The summed E-state index contributed by atoms with van der Waals surface area (Å²) in [6, 6.07) is 3.71. The Hall–Kier alpha value is -1.48. The van der Waals surface area contributed by atoms with Crippen LogP contribution in [-0.2, 0) is 10.9 Å². The number of halogens is 3. The van der Waals surface area contributed by atoms with Gasteiger partial charge >= 0.3 is 12.3 Å². The Morgan fingerprint density at radius 2 is 1.88 bits per heavy atom. The molecule has 2 atom stereocenters. The Balaban J connectivity index is 2.14. The van der Waals surface area contributed by atoms with Crippen LogP contribution in [0.3, 0.4) is 0 Å². The summed E-state index contributed by atoms with van der Waals surface area (Å²) in [6.07, 6.45) is -2.64. The number of carbonyl (C=O) groups is 1. The highest BCUT2D eigenvalue weighted by Gasteiger charge is 2.43. The zero-order valence-electron chi connectivity index (χ0n) is 21.0. The Labute approximate surface area is 200 Å². The highest BCUT2D eigenvalue weighted by molar-refractivity contribution is 7.98. The molecule has 1 saturated heterocycles. The van der Waals surface area contributed by atoms with Gasteiger partial charge in [0.1, 0.15) is 11.3 Å². The van der Waals surface area contributed by atoms with Crippen LogP contribution >= 0.6 is 11.9 Å². The first-order valence-corrected chi connectivity index (χ1v) is 12.2. The van der Waals surface area contributed by atoms with Crippen molar-refractivity contribution in [2.45, 2.75) is 103 Å². The summed E-state index contributed by atoms with van der Waals surface area (Å²) >= 11 is 1.49. The highest BCUT2D eigenvalue weighted by atomic mass is 32.2. The van der Waals surface area contributed by atoms with E-state index in [1.165, 1.54) is 18.0 Å². The van der Waals surface area contributed by atoms with Crippen LogP contribution in [0, 0.1) is 5.92 Å². The summed E-state index contributed by atoms with van der Waals surface area (Å²) in [4.78, 5) is 18.4. The second kappa shape index (κ2) is 10.0. The second-order valence-corrected chi connectivity index (χ2v) is 13.0. The van der Waals surface area contributed by atoms with Gasteiger partial charge in [0.2, 0.25) is 0 Å². The van der Waals surface area contributed by atoms with Crippen molar-refractivity contribution in [1.82, 2.24) is 14.6 Å². The largest absolute Gasteiger partial charge is 0.444 e. The van der Waals surface area contributed by atoms with Crippen molar-refractivity contribution < 1.29 is 22.7 Å². The second-order valence-electron chi connectivity index (χ2n) is 11.4. The quantitative estimate of drug-likeness (QED) is 0.436. The molecule has 1 aliphatic heterocycles. The molecule has 0 aromatic carbocycles. The van der Waals surface area contributed by atoms with E-state index in [4.69, 9.17) is 4.74 Å². The van der Waals surface area contributed by atoms with Crippen LogP contribution in [0.4, 0.5) is 18.0 Å². The van der Waals surface area contributed by atoms with Crippen molar-refractivity contribution in [2.24, 2.45) is 5.92 Å². The van der Waals surface area contributed by atoms with Gasteiger partial charge in [-0.25, -0.2) is 9.78 Å². The van der Waals surface area contributed by atoms with Crippen LogP contribution in [0.15, 0.2) is 18.2 Å². The maximum absolute atomic E-state index is 13.2. The van der Waals surface area contributed by atoms with Gasteiger partial charge in [-0.3, -0.25) is 4.72 Å². The Morgan fingerprint density at radius 3 is 2.42 bits per heavy atom. The van der Waals surface area contributed by atoms with E-state index < -0.39 is 17.5 Å². The summed E-state index contributed by atoms with van der Waals surface area (Å²) in [5.41, 5.74) is -1.42. The van der Waals surface area contributed by atoms with Gasteiger partial charge in [0.25, 0.3) is 0 Å². The van der Waals surface area contributed by atoms with Crippen LogP contribution < -0.4 is 4.72 Å². The molecule has 188 valence electrons. The van der Waals surface area contributed by atoms with E-state index in [9.17, 15) is 18.0 Å². The van der Waals surface area contributed by atoms with Gasteiger partial charge in [-0.1, -0.05) is 18.0 Å². The fourth-order valence-corrected chi connectivity index (χ4v) is 4.67. The monoisotopic (exact) mass is 489 g/mol. The molecule has 33 heavy (non-hydrogen) atoms. The van der Waals surface area contributed by atoms with Gasteiger partial charge in [0, 0.05) is 16.8 Å². The van der Waals surface area contributed by atoms with Crippen LogP contribution in [0.2, 0.25) is 0 Å². The number of hydrogen-bond acceptors (Lipinski definition) is 5.